The fourth-order valence-corrected chi connectivity index (χ4v) is 9.96. The lowest BCUT2D eigenvalue weighted by atomic mass is 9.79. The minimum Gasteiger partial charge on any atom is -0.497 e. The highest BCUT2D eigenvalue weighted by Crippen LogP contribution is 2.52. The monoisotopic (exact) mass is 730 g/mol. The van der Waals surface area contributed by atoms with Crippen LogP contribution >= 0.6 is 7.29 Å². The van der Waals surface area contributed by atoms with Gasteiger partial charge in [0.1, 0.15) is 5.75 Å². The molecule has 7 nitrogen and oxygen atoms in total. The van der Waals surface area contributed by atoms with Crippen LogP contribution in [-0.2, 0) is 24.8 Å². The first-order chi connectivity index (χ1) is 23.4. The van der Waals surface area contributed by atoms with Gasteiger partial charge in [-0.25, -0.2) is 5.09 Å². The van der Waals surface area contributed by atoms with E-state index in [1.54, 1.807) is 7.11 Å². The molecule has 2 atom stereocenters. The lowest BCUT2D eigenvalue weighted by Gasteiger charge is -2.50. The summed E-state index contributed by atoms with van der Waals surface area (Å²) in [5.74, 6) is 0.513. The Bertz CT molecular complexity index is 1700. The average molecular weight is 731 g/mol. The molecule has 0 radical (unpaired) electrons. The van der Waals surface area contributed by atoms with Crippen LogP contribution in [0.1, 0.15) is 78.1 Å². The first-order valence-electron chi connectivity index (χ1n) is 17.7. The van der Waals surface area contributed by atoms with Crippen molar-refractivity contribution in [1.29, 1.82) is 0 Å². The van der Waals surface area contributed by atoms with Crippen molar-refractivity contribution in [3.05, 3.63) is 126 Å². The SMILES string of the molecule is CCN(CC)C(=O)[C@@](O[Si](C)(C)C(C)(C)C)(c1ccc(C(C)(C)C)cc1)[C@H](NP(=O)(c1ccccc1)c1ccccc1)c1ccc(OC)cc1.O. The zero-order valence-electron chi connectivity index (χ0n) is 32.4. The van der Waals surface area contributed by atoms with Gasteiger partial charge in [0.15, 0.2) is 13.9 Å². The first kappa shape index (κ1) is 41.9. The maximum Gasteiger partial charge on any atom is 0.260 e. The van der Waals surface area contributed by atoms with E-state index in [0.29, 0.717) is 35.0 Å². The number of benzene rings is 4. The largest absolute Gasteiger partial charge is 0.497 e. The number of methoxy groups -OCH3 is 1. The average Bonchev–Trinajstić information content (AvgIpc) is 3.10. The molecule has 51 heavy (non-hydrogen) atoms. The Morgan fingerprint density at radius 2 is 1.20 bits per heavy atom. The smallest absolute Gasteiger partial charge is 0.260 e. The normalized spacial score (nSPS) is 14.2. The van der Waals surface area contributed by atoms with E-state index in [1.807, 2.05) is 116 Å². The summed E-state index contributed by atoms with van der Waals surface area (Å²) in [6.45, 7) is 22.4. The Hall–Kier alpha value is -3.52. The van der Waals surface area contributed by atoms with E-state index in [-0.39, 0.29) is 21.8 Å². The number of rotatable bonds is 13. The van der Waals surface area contributed by atoms with E-state index in [2.05, 4.69) is 71.9 Å². The minimum absolute atomic E-state index is 0. The molecule has 0 aliphatic rings. The van der Waals surface area contributed by atoms with Crippen molar-refractivity contribution in [1.82, 2.24) is 9.99 Å². The molecule has 0 aromatic heterocycles. The third kappa shape index (κ3) is 8.75. The predicted octanol–water partition coefficient (Wildman–Crippen LogP) is 8.51. The van der Waals surface area contributed by atoms with E-state index >= 15 is 9.36 Å². The molecule has 4 aromatic carbocycles. The van der Waals surface area contributed by atoms with Gasteiger partial charge >= 0.3 is 0 Å². The van der Waals surface area contributed by atoms with E-state index < -0.39 is 27.3 Å². The summed E-state index contributed by atoms with van der Waals surface area (Å²) < 4.78 is 29.2. The predicted molar refractivity (Wildman–Crippen MR) is 215 cm³/mol. The molecule has 0 bridgehead atoms. The van der Waals surface area contributed by atoms with Crippen molar-refractivity contribution in [2.45, 2.75) is 90.6 Å². The molecule has 0 heterocycles. The maximum atomic E-state index is 16.0. The fourth-order valence-electron chi connectivity index (χ4n) is 6.05. The first-order valence-corrected chi connectivity index (χ1v) is 22.3. The standard InChI is InChI=1S/C42H57N2O4PSi.H2O/c1-12-44(13-2)39(45)42(48-50(10,11)41(6,7)8,34-28-26-33(27-29-34)40(3,4)5)38(32-24-30-35(47-9)31-25-32)43-49(46,36-20-16-14-17-21-36)37-22-18-15-19-23-37;/h14-31,38H,12-13H2,1-11H3,(H,43,46);1H2/t38-,42-;/m1./s1. The van der Waals surface area contributed by atoms with Gasteiger partial charge in [0, 0.05) is 23.7 Å². The lowest BCUT2D eigenvalue weighted by molar-refractivity contribution is -0.153. The fraction of sp³-hybridized carbons (Fsp3) is 0.405. The van der Waals surface area contributed by atoms with Gasteiger partial charge in [-0.1, -0.05) is 114 Å². The topological polar surface area (TPSA) is 99.4 Å². The van der Waals surface area contributed by atoms with Crippen LogP contribution in [0, 0.1) is 0 Å². The van der Waals surface area contributed by atoms with Gasteiger partial charge in [-0.05, 0) is 90.5 Å². The van der Waals surface area contributed by atoms with Gasteiger partial charge in [-0.2, -0.15) is 0 Å². The van der Waals surface area contributed by atoms with E-state index in [4.69, 9.17) is 9.16 Å². The molecule has 0 unspecified atom stereocenters. The Labute approximate surface area is 307 Å². The highest BCUT2D eigenvalue weighted by molar-refractivity contribution is 7.76. The molecule has 0 aliphatic carbocycles. The Kier molecular flexibility index (Phi) is 13.5. The molecule has 4 aromatic rings. The number of amides is 1. The van der Waals surface area contributed by atoms with Crippen LogP contribution < -0.4 is 20.4 Å². The van der Waals surface area contributed by atoms with Crippen molar-refractivity contribution in [3.63, 3.8) is 0 Å². The number of carbonyl (C=O) groups excluding carboxylic acids is 1. The molecule has 0 fully saturated rings. The second-order valence-corrected chi connectivity index (χ2v) is 22.8. The number of carbonyl (C=O) groups is 1. The molecule has 0 aliphatic heterocycles. The van der Waals surface area contributed by atoms with Crippen LogP contribution in [0.4, 0.5) is 0 Å². The molecule has 0 saturated heterocycles. The maximum absolute atomic E-state index is 16.0. The second-order valence-electron chi connectivity index (χ2n) is 15.5. The Balaban J connectivity index is 0.00000702. The van der Waals surface area contributed by atoms with Gasteiger partial charge < -0.3 is 19.5 Å². The van der Waals surface area contributed by atoms with Gasteiger partial charge in [0.25, 0.3) is 5.91 Å². The van der Waals surface area contributed by atoms with Crippen molar-refractivity contribution in [2.24, 2.45) is 0 Å². The van der Waals surface area contributed by atoms with Crippen LogP contribution in [0.15, 0.2) is 109 Å². The Morgan fingerprint density at radius 3 is 1.59 bits per heavy atom. The number of ether oxygens (including phenoxy) is 1. The third-order valence-corrected chi connectivity index (χ3v) is 17.3. The summed E-state index contributed by atoms with van der Waals surface area (Å²) in [5, 5.41) is 4.76. The number of nitrogens with zero attached hydrogens (tertiary/aromatic N) is 1. The molecule has 0 spiro atoms. The summed E-state index contributed by atoms with van der Waals surface area (Å²) in [7, 11) is -4.75. The summed E-state index contributed by atoms with van der Waals surface area (Å²) in [6.07, 6.45) is 0. The van der Waals surface area contributed by atoms with Gasteiger partial charge in [0.2, 0.25) is 7.29 Å². The van der Waals surface area contributed by atoms with Crippen LogP contribution in [0.3, 0.4) is 0 Å². The van der Waals surface area contributed by atoms with Crippen molar-refractivity contribution >= 4 is 32.1 Å². The minimum atomic E-state index is -3.63. The second kappa shape index (κ2) is 16.4. The molecule has 276 valence electrons. The number of likely N-dealkylation sites (N-methyl/N-ethyl adjacent to an activating group) is 1. The Morgan fingerprint density at radius 1 is 0.745 bits per heavy atom. The zero-order valence-corrected chi connectivity index (χ0v) is 34.3. The molecule has 4 rings (SSSR count). The van der Waals surface area contributed by atoms with E-state index in [0.717, 1.165) is 11.1 Å². The lowest BCUT2D eigenvalue weighted by Crippen LogP contribution is -2.61. The summed E-state index contributed by atoms with van der Waals surface area (Å²) in [6, 6.07) is 34.1. The number of hydrogen-bond donors (Lipinski definition) is 1. The number of nitrogens with one attached hydrogen (secondary N) is 1. The number of hydrogen-bond acceptors (Lipinski definition) is 4. The molecule has 9 heteroatoms. The van der Waals surface area contributed by atoms with Gasteiger partial charge in [-0.3, -0.25) is 9.36 Å². The summed E-state index contributed by atoms with van der Waals surface area (Å²) in [5.41, 5.74) is 0.907. The summed E-state index contributed by atoms with van der Waals surface area (Å²) >= 11 is 0. The quantitative estimate of drug-likeness (QED) is 0.110. The van der Waals surface area contributed by atoms with Crippen LogP contribution in [0.2, 0.25) is 18.1 Å². The van der Waals surface area contributed by atoms with E-state index in [1.165, 1.54) is 0 Å². The molecule has 1 amide bonds. The third-order valence-electron chi connectivity index (χ3n) is 10.2. The van der Waals surface area contributed by atoms with Crippen LogP contribution in [-0.4, -0.2) is 44.8 Å². The van der Waals surface area contributed by atoms with Gasteiger partial charge in [-0.15, -0.1) is 0 Å². The van der Waals surface area contributed by atoms with Gasteiger partial charge in [0.05, 0.1) is 13.2 Å². The zero-order chi connectivity index (χ0) is 37.0. The molecular weight excluding hydrogens is 672 g/mol. The molecule has 0 saturated carbocycles. The van der Waals surface area contributed by atoms with Crippen molar-refractivity contribution in [2.75, 3.05) is 20.2 Å². The molecule has 3 N–H and O–H groups in total. The highest BCUT2D eigenvalue weighted by atomic mass is 31.2. The highest BCUT2D eigenvalue weighted by Gasteiger charge is 2.57. The van der Waals surface area contributed by atoms with Crippen LogP contribution in [0.5, 0.6) is 5.75 Å². The van der Waals surface area contributed by atoms with E-state index in [9.17, 15) is 0 Å². The molecular formula is C42H59N2O5PSi. The van der Waals surface area contributed by atoms with Crippen molar-refractivity contribution in [3.8, 4) is 5.75 Å². The van der Waals surface area contributed by atoms with Crippen LogP contribution in [0.25, 0.3) is 0 Å². The van der Waals surface area contributed by atoms with Crippen molar-refractivity contribution < 1.29 is 24.0 Å². The summed E-state index contributed by atoms with van der Waals surface area (Å²) in [4.78, 5) is 17.5.